The van der Waals surface area contributed by atoms with Gasteiger partial charge in [-0.3, -0.25) is 0 Å². The molecule has 0 unspecified atom stereocenters. The number of rotatable bonds is 13. The normalized spacial score (nSPS) is 12.2. The third-order valence-electron chi connectivity index (χ3n) is 5.53. The van der Waals surface area contributed by atoms with Gasteiger partial charge in [-0.15, -0.1) is 34.0 Å². The van der Waals surface area contributed by atoms with E-state index in [0.717, 1.165) is 11.3 Å². The molecule has 3 heterocycles. The zero-order chi connectivity index (χ0) is 22.1. The highest BCUT2D eigenvalue weighted by atomic mass is 32.1. The van der Waals surface area contributed by atoms with Gasteiger partial charge in [0.1, 0.15) is 4.88 Å². The summed E-state index contributed by atoms with van der Waals surface area (Å²) in [4.78, 5) is 19.5. The standard InChI is InChI=1S/C26H34O2S3/c1-4-6-7-8-9-10-11-20-12-13-21(29-20)22-14-15-23(30-22)24-16-17-25(31-24)26(27)28-18-19(3)5-2/h12-17,19H,4-11,18H2,1-3H3/t19-/m0/s1. The molecule has 3 aromatic heterocycles. The lowest BCUT2D eigenvalue weighted by Gasteiger charge is -2.08. The number of ether oxygens (including phenoxy) is 1. The third-order valence-corrected chi connectivity index (χ3v) is 9.22. The number of hydrogen-bond acceptors (Lipinski definition) is 5. The molecule has 3 aromatic rings. The Morgan fingerprint density at radius 2 is 1.42 bits per heavy atom. The summed E-state index contributed by atoms with van der Waals surface area (Å²) in [6, 6.07) is 12.9. The Hall–Kier alpha value is -1.43. The number of carbonyl (C=O) groups excluding carboxylic acids is 1. The number of thiophene rings is 3. The van der Waals surface area contributed by atoms with E-state index in [1.807, 2.05) is 23.5 Å². The molecule has 168 valence electrons. The number of aryl methyl sites for hydroxylation is 1. The molecule has 0 N–H and O–H groups in total. The van der Waals surface area contributed by atoms with Crippen LogP contribution >= 0.6 is 34.0 Å². The summed E-state index contributed by atoms with van der Waals surface area (Å²) >= 11 is 5.25. The van der Waals surface area contributed by atoms with Crippen LogP contribution in [-0.4, -0.2) is 12.6 Å². The Balaban J connectivity index is 1.54. The van der Waals surface area contributed by atoms with E-state index in [0.29, 0.717) is 17.4 Å². The Morgan fingerprint density at radius 3 is 2.16 bits per heavy atom. The average molecular weight is 475 g/mol. The number of carbonyl (C=O) groups is 1. The van der Waals surface area contributed by atoms with E-state index in [2.05, 4.69) is 45.0 Å². The maximum absolute atomic E-state index is 12.3. The lowest BCUT2D eigenvalue weighted by molar-refractivity contribution is 0.0453. The van der Waals surface area contributed by atoms with E-state index >= 15 is 0 Å². The van der Waals surface area contributed by atoms with Gasteiger partial charge < -0.3 is 4.74 Å². The fourth-order valence-electron chi connectivity index (χ4n) is 3.31. The van der Waals surface area contributed by atoms with Crippen LogP contribution in [0.15, 0.2) is 36.4 Å². The largest absolute Gasteiger partial charge is 0.461 e. The van der Waals surface area contributed by atoms with Gasteiger partial charge in [0, 0.05) is 24.4 Å². The summed E-state index contributed by atoms with van der Waals surface area (Å²) in [7, 11) is 0. The molecule has 0 radical (unpaired) electrons. The Kier molecular flexibility index (Phi) is 9.82. The molecule has 0 bridgehead atoms. The number of hydrogen-bond donors (Lipinski definition) is 0. The van der Waals surface area contributed by atoms with E-state index in [-0.39, 0.29) is 5.97 Å². The van der Waals surface area contributed by atoms with Crippen molar-refractivity contribution in [1.29, 1.82) is 0 Å². The van der Waals surface area contributed by atoms with Gasteiger partial charge in [0.25, 0.3) is 0 Å². The minimum absolute atomic E-state index is 0.203. The van der Waals surface area contributed by atoms with Crippen LogP contribution in [0.1, 0.15) is 80.3 Å². The molecular formula is C26H34O2S3. The molecule has 2 nitrogen and oxygen atoms in total. The molecule has 0 saturated heterocycles. The van der Waals surface area contributed by atoms with E-state index in [4.69, 9.17) is 4.74 Å². The van der Waals surface area contributed by atoms with Crippen molar-refractivity contribution in [1.82, 2.24) is 0 Å². The Labute approximate surface area is 199 Å². The molecule has 0 amide bonds. The van der Waals surface area contributed by atoms with E-state index in [1.54, 1.807) is 11.3 Å². The minimum Gasteiger partial charge on any atom is -0.461 e. The summed E-state index contributed by atoms with van der Waals surface area (Å²) < 4.78 is 5.44. The Bertz CT molecular complexity index is 934. The van der Waals surface area contributed by atoms with Crippen molar-refractivity contribution in [3.05, 3.63) is 46.2 Å². The molecular weight excluding hydrogens is 440 g/mol. The number of esters is 1. The van der Waals surface area contributed by atoms with Gasteiger partial charge in [0.15, 0.2) is 0 Å². The van der Waals surface area contributed by atoms with Crippen molar-refractivity contribution in [2.45, 2.75) is 72.1 Å². The van der Waals surface area contributed by atoms with Crippen molar-refractivity contribution < 1.29 is 9.53 Å². The Morgan fingerprint density at radius 1 is 0.806 bits per heavy atom. The zero-order valence-corrected chi connectivity index (χ0v) is 21.4. The SMILES string of the molecule is CCCCCCCCc1ccc(-c2ccc(-c3ccc(C(=O)OC[C@@H](C)CC)s3)s2)s1. The first-order chi connectivity index (χ1) is 15.1. The molecule has 3 rings (SSSR count). The molecule has 0 aromatic carbocycles. The fraction of sp³-hybridized carbons (Fsp3) is 0.500. The van der Waals surface area contributed by atoms with Crippen LogP contribution in [0.5, 0.6) is 0 Å². The lowest BCUT2D eigenvalue weighted by atomic mass is 10.1. The van der Waals surface area contributed by atoms with Gasteiger partial charge in [0.05, 0.1) is 6.61 Å². The minimum atomic E-state index is -0.203. The van der Waals surface area contributed by atoms with E-state index in [9.17, 15) is 4.79 Å². The van der Waals surface area contributed by atoms with E-state index in [1.165, 1.54) is 75.8 Å². The highest BCUT2D eigenvalue weighted by molar-refractivity contribution is 7.26. The van der Waals surface area contributed by atoms with Gasteiger partial charge in [-0.05, 0) is 55.2 Å². The summed E-state index contributed by atoms with van der Waals surface area (Å²) in [6.45, 7) is 6.97. The summed E-state index contributed by atoms with van der Waals surface area (Å²) in [6.07, 6.45) is 10.3. The molecule has 0 spiro atoms. The third kappa shape index (κ3) is 7.30. The molecule has 0 aliphatic rings. The van der Waals surface area contributed by atoms with Crippen LogP contribution in [0.4, 0.5) is 0 Å². The second-order valence-electron chi connectivity index (χ2n) is 8.22. The highest BCUT2D eigenvalue weighted by Gasteiger charge is 2.15. The maximum Gasteiger partial charge on any atom is 0.348 e. The zero-order valence-electron chi connectivity index (χ0n) is 18.9. The maximum atomic E-state index is 12.3. The summed E-state index contributed by atoms with van der Waals surface area (Å²) in [5.41, 5.74) is 0. The second kappa shape index (κ2) is 12.6. The number of unbranched alkanes of at least 4 members (excludes halogenated alkanes) is 5. The van der Waals surface area contributed by atoms with Crippen LogP contribution in [0, 0.1) is 5.92 Å². The average Bonchev–Trinajstić information content (AvgIpc) is 3.53. The van der Waals surface area contributed by atoms with Crippen LogP contribution in [-0.2, 0) is 11.2 Å². The summed E-state index contributed by atoms with van der Waals surface area (Å²) in [5, 5.41) is 0. The van der Waals surface area contributed by atoms with Crippen molar-refractivity contribution in [3.63, 3.8) is 0 Å². The monoisotopic (exact) mass is 474 g/mol. The predicted octanol–water partition coefficient (Wildman–Crippen LogP) is 9.31. The molecule has 1 atom stereocenters. The van der Waals surface area contributed by atoms with Crippen molar-refractivity contribution in [3.8, 4) is 19.5 Å². The van der Waals surface area contributed by atoms with Crippen LogP contribution < -0.4 is 0 Å². The van der Waals surface area contributed by atoms with Gasteiger partial charge >= 0.3 is 5.97 Å². The van der Waals surface area contributed by atoms with Gasteiger partial charge in [-0.25, -0.2) is 4.79 Å². The lowest BCUT2D eigenvalue weighted by Crippen LogP contribution is -2.10. The van der Waals surface area contributed by atoms with Gasteiger partial charge in [-0.1, -0.05) is 59.3 Å². The van der Waals surface area contributed by atoms with E-state index < -0.39 is 0 Å². The first-order valence-electron chi connectivity index (χ1n) is 11.6. The topological polar surface area (TPSA) is 26.3 Å². The highest BCUT2D eigenvalue weighted by Crippen LogP contribution is 2.40. The molecule has 5 heteroatoms. The molecule has 0 aliphatic heterocycles. The first kappa shape index (κ1) is 24.2. The molecule has 31 heavy (non-hydrogen) atoms. The van der Waals surface area contributed by atoms with Crippen LogP contribution in [0.3, 0.4) is 0 Å². The quantitative estimate of drug-likeness (QED) is 0.182. The predicted molar refractivity (Wildman–Crippen MR) is 138 cm³/mol. The van der Waals surface area contributed by atoms with Crippen molar-refractivity contribution in [2.75, 3.05) is 6.61 Å². The van der Waals surface area contributed by atoms with Crippen molar-refractivity contribution >= 4 is 40.0 Å². The van der Waals surface area contributed by atoms with Crippen molar-refractivity contribution in [2.24, 2.45) is 5.92 Å². The second-order valence-corrected chi connectivity index (χ2v) is 11.6. The smallest absolute Gasteiger partial charge is 0.348 e. The summed E-state index contributed by atoms with van der Waals surface area (Å²) in [5.74, 6) is 0.200. The molecule has 0 fully saturated rings. The fourth-order valence-corrected chi connectivity index (χ4v) is 6.45. The van der Waals surface area contributed by atoms with Gasteiger partial charge in [0.2, 0.25) is 0 Å². The molecule has 0 saturated carbocycles. The first-order valence-corrected chi connectivity index (χ1v) is 14.0. The van der Waals surface area contributed by atoms with Gasteiger partial charge in [-0.2, -0.15) is 0 Å². The van der Waals surface area contributed by atoms with Crippen LogP contribution in [0.2, 0.25) is 0 Å². The molecule has 0 aliphatic carbocycles. The van der Waals surface area contributed by atoms with Crippen LogP contribution in [0.25, 0.3) is 19.5 Å².